The molecule has 6 nitrogen and oxygen atoms in total. The zero-order valence-electron chi connectivity index (χ0n) is 12.5. The molecule has 0 saturated carbocycles. The van der Waals surface area contributed by atoms with Crippen LogP contribution in [0.3, 0.4) is 0 Å². The monoisotopic (exact) mass is 301 g/mol. The van der Waals surface area contributed by atoms with E-state index in [2.05, 4.69) is 21.4 Å². The fourth-order valence-corrected chi connectivity index (χ4v) is 2.63. The summed E-state index contributed by atoms with van der Waals surface area (Å²) >= 11 is 0. The van der Waals surface area contributed by atoms with Crippen LogP contribution in [0.5, 0.6) is 0 Å². The molecule has 3 rings (SSSR count). The number of methoxy groups -OCH3 is 1. The highest BCUT2D eigenvalue weighted by Crippen LogP contribution is 2.22. The largest absolute Gasteiger partial charge is 0.383 e. The number of nitrogens with one attached hydrogen (secondary N) is 1. The van der Waals surface area contributed by atoms with E-state index in [4.69, 9.17) is 9.26 Å². The number of anilines is 1. The number of nitrogens with zero attached hydrogens (tertiary/aromatic N) is 2. The maximum atomic E-state index is 11.9. The number of ether oxygens (including phenoxy) is 1. The van der Waals surface area contributed by atoms with E-state index in [0.717, 1.165) is 38.3 Å². The Bertz CT molecular complexity index is 640. The Morgan fingerprint density at radius 2 is 2.32 bits per heavy atom. The molecule has 0 bridgehead atoms. The van der Waals surface area contributed by atoms with Gasteiger partial charge in [0.05, 0.1) is 12.8 Å². The van der Waals surface area contributed by atoms with Gasteiger partial charge in [0.1, 0.15) is 0 Å². The standard InChI is InChI=1S/C16H19N3O3/c1-21-9-8-19-7-5-12-10-14(3-2-13(12)11-19)18-16(20)15-4-6-17-22-15/h2-4,6,10H,5,7-9,11H2,1H3,(H,18,20). The molecular formula is C16H19N3O3. The van der Waals surface area contributed by atoms with Crippen molar-refractivity contribution in [3.05, 3.63) is 47.3 Å². The van der Waals surface area contributed by atoms with Crippen molar-refractivity contribution in [1.82, 2.24) is 10.1 Å². The zero-order valence-corrected chi connectivity index (χ0v) is 12.5. The Labute approximate surface area is 129 Å². The predicted octanol–water partition coefficient (Wildman–Crippen LogP) is 1.93. The minimum Gasteiger partial charge on any atom is -0.383 e. The van der Waals surface area contributed by atoms with E-state index in [-0.39, 0.29) is 11.7 Å². The van der Waals surface area contributed by atoms with Crippen LogP contribution in [0.25, 0.3) is 0 Å². The lowest BCUT2D eigenvalue weighted by atomic mass is 9.99. The molecule has 6 heteroatoms. The van der Waals surface area contributed by atoms with E-state index in [1.807, 2.05) is 12.1 Å². The third-order valence-corrected chi connectivity index (χ3v) is 3.83. The molecule has 0 fully saturated rings. The number of rotatable bonds is 5. The van der Waals surface area contributed by atoms with Gasteiger partial charge in [0, 0.05) is 38.5 Å². The maximum absolute atomic E-state index is 11.9. The second-order valence-electron chi connectivity index (χ2n) is 5.33. The summed E-state index contributed by atoms with van der Waals surface area (Å²) in [7, 11) is 1.72. The van der Waals surface area contributed by atoms with Crippen LogP contribution in [0.4, 0.5) is 5.69 Å². The van der Waals surface area contributed by atoms with E-state index in [9.17, 15) is 4.79 Å². The third-order valence-electron chi connectivity index (χ3n) is 3.83. The molecule has 0 saturated heterocycles. The van der Waals surface area contributed by atoms with E-state index in [1.54, 1.807) is 13.2 Å². The lowest BCUT2D eigenvalue weighted by molar-refractivity contribution is 0.0988. The molecule has 2 aromatic rings. The molecule has 116 valence electrons. The van der Waals surface area contributed by atoms with Gasteiger partial charge < -0.3 is 14.6 Å². The van der Waals surface area contributed by atoms with Crippen LogP contribution in [0.2, 0.25) is 0 Å². The lowest BCUT2D eigenvalue weighted by Crippen LogP contribution is -2.33. The summed E-state index contributed by atoms with van der Waals surface area (Å²) in [5, 5.41) is 6.37. The van der Waals surface area contributed by atoms with Gasteiger partial charge in [-0.2, -0.15) is 0 Å². The average Bonchev–Trinajstić information content (AvgIpc) is 3.07. The predicted molar refractivity (Wildman–Crippen MR) is 81.8 cm³/mol. The Morgan fingerprint density at radius 3 is 3.09 bits per heavy atom. The quantitative estimate of drug-likeness (QED) is 0.914. The molecule has 1 aromatic heterocycles. The van der Waals surface area contributed by atoms with Gasteiger partial charge in [0.15, 0.2) is 0 Å². The van der Waals surface area contributed by atoms with Gasteiger partial charge in [0.25, 0.3) is 5.91 Å². The van der Waals surface area contributed by atoms with Gasteiger partial charge in [-0.1, -0.05) is 11.2 Å². The number of aromatic nitrogens is 1. The summed E-state index contributed by atoms with van der Waals surface area (Å²) in [5.41, 5.74) is 3.37. The van der Waals surface area contributed by atoms with Gasteiger partial charge in [-0.3, -0.25) is 9.69 Å². The molecule has 0 radical (unpaired) electrons. The van der Waals surface area contributed by atoms with Crippen molar-refractivity contribution in [2.75, 3.05) is 32.1 Å². The Morgan fingerprint density at radius 1 is 1.41 bits per heavy atom. The summed E-state index contributed by atoms with van der Waals surface area (Å²) in [6.45, 7) is 3.63. The highest BCUT2D eigenvalue weighted by molar-refractivity contribution is 6.02. The molecule has 1 aliphatic rings. The molecule has 0 unspecified atom stereocenters. The minimum atomic E-state index is -0.282. The van der Waals surface area contributed by atoms with Crippen LogP contribution < -0.4 is 5.32 Å². The molecule has 0 spiro atoms. The molecule has 1 N–H and O–H groups in total. The van der Waals surface area contributed by atoms with Crippen molar-refractivity contribution < 1.29 is 14.1 Å². The third kappa shape index (κ3) is 3.35. The van der Waals surface area contributed by atoms with Gasteiger partial charge in [-0.05, 0) is 29.7 Å². The summed E-state index contributed by atoms with van der Waals surface area (Å²) in [5.74, 6) is -0.0709. The van der Waals surface area contributed by atoms with Crippen molar-refractivity contribution in [2.24, 2.45) is 0 Å². The molecule has 22 heavy (non-hydrogen) atoms. The molecule has 0 aliphatic carbocycles. The van der Waals surface area contributed by atoms with E-state index < -0.39 is 0 Å². The number of amides is 1. The molecule has 0 atom stereocenters. The number of hydrogen-bond donors (Lipinski definition) is 1. The van der Waals surface area contributed by atoms with Crippen molar-refractivity contribution in [3.63, 3.8) is 0 Å². The summed E-state index contributed by atoms with van der Waals surface area (Å²) < 4.78 is 9.98. The molecular weight excluding hydrogens is 282 g/mol. The normalized spacial score (nSPS) is 14.6. The highest BCUT2D eigenvalue weighted by Gasteiger charge is 2.17. The van der Waals surface area contributed by atoms with Crippen LogP contribution in [0, 0.1) is 0 Å². The van der Waals surface area contributed by atoms with Gasteiger partial charge in [-0.25, -0.2) is 0 Å². The topological polar surface area (TPSA) is 67.6 Å². The number of carbonyl (C=O) groups is 1. The number of fused-ring (bicyclic) bond motifs is 1. The van der Waals surface area contributed by atoms with Gasteiger partial charge in [0.2, 0.25) is 5.76 Å². The maximum Gasteiger partial charge on any atom is 0.294 e. The molecule has 1 amide bonds. The Balaban J connectivity index is 1.66. The minimum absolute atomic E-state index is 0.212. The fourth-order valence-electron chi connectivity index (χ4n) is 2.63. The number of hydrogen-bond acceptors (Lipinski definition) is 5. The first-order chi connectivity index (χ1) is 10.8. The summed E-state index contributed by atoms with van der Waals surface area (Å²) in [6, 6.07) is 7.58. The lowest BCUT2D eigenvalue weighted by Gasteiger charge is -2.28. The summed E-state index contributed by atoms with van der Waals surface area (Å²) in [6.07, 6.45) is 2.43. The van der Waals surface area contributed by atoms with E-state index >= 15 is 0 Å². The van der Waals surface area contributed by atoms with E-state index in [1.165, 1.54) is 17.3 Å². The van der Waals surface area contributed by atoms with Crippen LogP contribution in [-0.4, -0.2) is 42.8 Å². The second kappa shape index (κ2) is 6.72. The van der Waals surface area contributed by atoms with Crippen LogP contribution in [0.1, 0.15) is 21.7 Å². The average molecular weight is 301 g/mol. The smallest absolute Gasteiger partial charge is 0.294 e. The first-order valence-electron chi connectivity index (χ1n) is 7.31. The SMILES string of the molecule is COCCN1CCc2cc(NC(=O)c3ccno3)ccc2C1. The first kappa shape index (κ1) is 14.7. The van der Waals surface area contributed by atoms with Gasteiger partial charge >= 0.3 is 0 Å². The molecule has 1 aliphatic heterocycles. The van der Waals surface area contributed by atoms with Crippen LogP contribution in [-0.2, 0) is 17.7 Å². The number of carbonyl (C=O) groups excluding carboxylic acids is 1. The van der Waals surface area contributed by atoms with Gasteiger partial charge in [-0.15, -0.1) is 0 Å². The Hall–Kier alpha value is -2.18. The van der Waals surface area contributed by atoms with Crippen molar-refractivity contribution in [1.29, 1.82) is 0 Å². The van der Waals surface area contributed by atoms with Crippen molar-refractivity contribution in [3.8, 4) is 0 Å². The van der Waals surface area contributed by atoms with Crippen molar-refractivity contribution >= 4 is 11.6 Å². The van der Waals surface area contributed by atoms with E-state index in [0.29, 0.717) is 0 Å². The number of benzene rings is 1. The van der Waals surface area contributed by atoms with Crippen LogP contribution in [0.15, 0.2) is 35.0 Å². The summed E-state index contributed by atoms with van der Waals surface area (Å²) in [4.78, 5) is 14.3. The zero-order chi connectivity index (χ0) is 15.4. The molecule has 1 aromatic carbocycles. The molecule has 2 heterocycles. The fraction of sp³-hybridized carbons (Fsp3) is 0.375. The van der Waals surface area contributed by atoms with Crippen molar-refractivity contribution in [2.45, 2.75) is 13.0 Å². The van der Waals surface area contributed by atoms with Crippen LogP contribution >= 0.6 is 0 Å². The second-order valence-corrected chi connectivity index (χ2v) is 5.33. The Kier molecular flexibility index (Phi) is 4.50. The highest BCUT2D eigenvalue weighted by atomic mass is 16.5. The first-order valence-corrected chi connectivity index (χ1v) is 7.31.